The number of urea groups is 2. The van der Waals surface area contributed by atoms with E-state index in [4.69, 9.17) is 0 Å². The van der Waals surface area contributed by atoms with Crippen LogP contribution in [-0.4, -0.2) is 29.3 Å². The van der Waals surface area contributed by atoms with Gasteiger partial charge in [0.15, 0.2) is 0 Å². The summed E-state index contributed by atoms with van der Waals surface area (Å²) in [6, 6.07) is 4.45. The number of carbonyl (C=O) groups is 2. The van der Waals surface area contributed by atoms with Crippen molar-refractivity contribution in [3.8, 4) is 5.75 Å². The second kappa shape index (κ2) is 9.48. The van der Waals surface area contributed by atoms with Crippen molar-refractivity contribution in [2.45, 2.75) is 76.3 Å². The van der Waals surface area contributed by atoms with Crippen molar-refractivity contribution in [2.75, 3.05) is 10.6 Å². The van der Waals surface area contributed by atoms with Crippen LogP contribution in [0.15, 0.2) is 18.2 Å². The van der Waals surface area contributed by atoms with Gasteiger partial charge in [-0.3, -0.25) is 0 Å². The Bertz CT molecular complexity index is 653. The highest BCUT2D eigenvalue weighted by molar-refractivity contribution is 5.94. The fourth-order valence-corrected chi connectivity index (χ4v) is 3.90. The summed E-state index contributed by atoms with van der Waals surface area (Å²) in [5.41, 5.74) is 0.799. The zero-order valence-electron chi connectivity index (χ0n) is 15.7. The first-order valence-electron chi connectivity index (χ1n) is 10.1. The van der Waals surface area contributed by atoms with E-state index in [9.17, 15) is 14.7 Å². The number of phenols is 1. The minimum atomic E-state index is -0.332. The standard InChI is InChI=1S/C20H30N4O3/c25-18-12-11-16(23-19(26)21-14-7-3-1-4-8-14)13-17(18)24-20(27)22-15-9-5-2-6-10-15/h11-15,25H,1-10H2,(H2,21,23,26)(H2,22,24,27). The molecule has 148 valence electrons. The minimum Gasteiger partial charge on any atom is -0.506 e. The van der Waals surface area contributed by atoms with Crippen LogP contribution < -0.4 is 21.3 Å². The molecule has 7 heteroatoms. The van der Waals surface area contributed by atoms with Crippen molar-refractivity contribution < 1.29 is 14.7 Å². The molecule has 2 fully saturated rings. The molecule has 0 atom stereocenters. The second-order valence-electron chi connectivity index (χ2n) is 7.60. The molecule has 0 radical (unpaired) electrons. The van der Waals surface area contributed by atoms with Gasteiger partial charge >= 0.3 is 12.1 Å². The molecular formula is C20H30N4O3. The van der Waals surface area contributed by atoms with Crippen LogP contribution in [0.3, 0.4) is 0 Å². The molecule has 1 aromatic rings. The molecule has 2 aliphatic rings. The van der Waals surface area contributed by atoms with Crippen molar-refractivity contribution in [1.29, 1.82) is 0 Å². The predicted octanol–water partition coefficient (Wildman–Crippen LogP) is 4.30. The molecular weight excluding hydrogens is 344 g/mol. The van der Waals surface area contributed by atoms with Crippen LogP contribution in [0.2, 0.25) is 0 Å². The Labute approximate surface area is 160 Å². The summed E-state index contributed by atoms with van der Waals surface area (Å²) in [5, 5.41) is 21.4. The van der Waals surface area contributed by atoms with Gasteiger partial charge in [-0.2, -0.15) is 0 Å². The summed E-state index contributed by atoms with van der Waals surface area (Å²) < 4.78 is 0. The average Bonchev–Trinajstić information content (AvgIpc) is 2.66. The Morgan fingerprint density at radius 1 is 0.778 bits per heavy atom. The number of rotatable bonds is 4. The van der Waals surface area contributed by atoms with Crippen molar-refractivity contribution in [3.63, 3.8) is 0 Å². The lowest BCUT2D eigenvalue weighted by Crippen LogP contribution is -2.39. The molecule has 0 heterocycles. The molecule has 0 aromatic heterocycles. The topological polar surface area (TPSA) is 102 Å². The fourth-order valence-electron chi connectivity index (χ4n) is 3.90. The monoisotopic (exact) mass is 374 g/mol. The third kappa shape index (κ3) is 6.05. The lowest BCUT2D eigenvalue weighted by Gasteiger charge is -2.23. The number of carbonyl (C=O) groups excluding carboxylic acids is 2. The Morgan fingerprint density at radius 2 is 1.30 bits per heavy atom. The van der Waals surface area contributed by atoms with E-state index in [0.717, 1.165) is 51.4 Å². The van der Waals surface area contributed by atoms with Gasteiger partial charge in [-0.25, -0.2) is 9.59 Å². The van der Waals surface area contributed by atoms with Crippen LogP contribution in [0.25, 0.3) is 0 Å². The third-order valence-electron chi connectivity index (χ3n) is 5.38. The van der Waals surface area contributed by atoms with E-state index in [1.54, 1.807) is 12.1 Å². The summed E-state index contributed by atoms with van der Waals surface area (Å²) in [5.74, 6) is -0.0352. The molecule has 0 saturated heterocycles. The molecule has 27 heavy (non-hydrogen) atoms. The van der Waals surface area contributed by atoms with Gasteiger partial charge in [-0.05, 0) is 43.9 Å². The normalized spacial score (nSPS) is 18.5. The first-order valence-corrected chi connectivity index (χ1v) is 10.1. The molecule has 0 unspecified atom stereocenters. The molecule has 4 amide bonds. The van der Waals surface area contributed by atoms with Crippen LogP contribution in [0.5, 0.6) is 5.75 Å². The summed E-state index contributed by atoms with van der Waals surface area (Å²) in [6.45, 7) is 0. The van der Waals surface area contributed by atoms with Gasteiger partial charge in [-0.1, -0.05) is 38.5 Å². The summed E-state index contributed by atoms with van der Waals surface area (Å²) in [4.78, 5) is 24.4. The van der Waals surface area contributed by atoms with E-state index in [0.29, 0.717) is 5.69 Å². The molecule has 7 nitrogen and oxygen atoms in total. The highest BCUT2D eigenvalue weighted by Gasteiger charge is 2.18. The maximum Gasteiger partial charge on any atom is 0.319 e. The highest BCUT2D eigenvalue weighted by Crippen LogP contribution is 2.27. The van der Waals surface area contributed by atoms with Gasteiger partial charge in [-0.15, -0.1) is 0 Å². The Balaban J connectivity index is 1.53. The van der Waals surface area contributed by atoms with E-state index in [1.807, 2.05) is 0 Å². The summed E-state index contributed by atoms with van der Waals surface area (Å²) in [6.07, 6.45) is 11.0. The first kappa shape index (κ1) is 19.3. The van der Waals surface area contributed by atoms with E-state index in [2.05, 4.69) is 21.3 Å². The number of anilines is 2. The van der Waals surface area contributed by atoms with E-state index in [-0.39, 0.29) is 35.6 Å². The van der Waals surface area contributed by atoms with Gasteiger partial charge in [0.05, 0.1) is 5.69 Å². The molecule has 0 spiro atoms. The van der Waals surface area contributed by atoms with E-state index < -0.39 is 0 Å². The van der Waals surface area contributed by atoms with Crippen LogP contribution in [0, 0.1) is 0 Å². The molecule has 5 N–H and O–H groups in total. The number of hydrogen-bond donors (Lipinski definition) is 5. The van der Waals surface area contributed by atoms with Crippen molar-refractivity contribution in [2.24, 2.45) is 0 Å². The SMILES string of the molecule is O=C(Nc1ccc(O)c(NC(=O)NC2CCCCC2)c1)NC1CCCCC1. The zero-order chi connectivity index (χ0) is 19.1. The smallest absolute Gasteiger partial charge is 0.319 e. The van der Waals surface area contributed by atoms with Gasteiger partial charge in [0.1, 0.15) is 5.75 Å². The number of phenolic OH excluding ortho intramolecular Hbond substituents is 1. The molecule has 0 bridgehead atoms. The van der Waals surface area contributed by atoms with Gasteiger partial charge in [0.2, 0.25) is 0 Å². The van der Waals surface area contributed by atoms with Crippen LogP contribution in [-0.2, 0) is 0 Å². The number of hydrogen-bond acceptors (Lipinski definition) is 3. The Hall–Kier alpha value is -2.44. The molecule has 0 aliphatic heterocycles. The first-order chi connectivity index (χ1) is 13.1. The highest BCUT2D eigenvalue weighted by atomic mass is 16.3. The average molecular weight is 374 g/mol. The minimum absolute atomic E-state index is 0.0352. The lowest BCUT2D eigenvalue weighted by molar-refractivity contribution is 0.243. The zero-order valence-corrected chi connectivity index (χ0v) is 15.7. The Kier molecular flexibility index (Phi) is 6.79. The van der Waals surface area contributed by atoms with Crippen LogP contribution in [0.4, 0.5) is 21.0 Å². The number of amides is 4. The van der Waals surface area contributed by atoms with Crippen molar-refractivity contribution in [1.82, 2.24) is 10.6 Å². The molecule has 2 saturated carbocycles. The largest absolute Gasteiger partial charge is 0.506 e. The second-order valence-corrected chi connectivity index (χ2v) is 7.60. The molecule has 2 aliphatic carbocycles. The molecule has 3 rings (SSSR count). The fraction of sp³-hybridized carbons (Fsp3) is 0.600. The van der Waals surface area contributed by atoms with Crippen molar-refractivity contribution in [3.05, 3.63) is 18.2 Å². The van der Waals surface area contributed by atoms with E-state index in [1.165, 1.54) is 18.9 Å². The van der Waals surface area contributed by atoms with Crippen LogP contribution >= 0.6 is 0 Å². The van der Waals surface area contributed by atoms with Gasteiger partial charge < -0.3 is 26.4 Å². The van der Waals surface area contributed by atoms with Crippen LogP contribution in [0.1, 0.15) is 64.2 Å². The maximum absolute atomic E-state index is 12.2. The van der Waals surface area contributed by atoms with Gasteiger partial charge in [0.25, 0.3) is 0 Å². The molecule has 1 aromatic carbocycles. The van der Waals surface area contributed by atoms with Crippen molar-refractivity contribution >= 4 is 23.4 Å². The van der Waals surface area contributed by atoms with E-state index >= 15 is 0 Å². The summed E-state index contributed by atoms with van der Waals surface area (Å²) in [7, 11) is 0. The number of nitrogens with one attached hydrogen (secondary N) is 4. The maximum atomic E-state index is 12.2. The lowest BCUT2D eigenvalue weighted by atomic mass is 9.96. The quantitative estimate of drug-likeness (QED) is 0.401. The predicted molar refractivity (Wildman–Crippen MR) is 106 cm³/mol. The number of benzene rings is 1. The number of aromatic hydroxyl groups is 1. The Morgan fingerprint density at radius 3 is 1.85 bits per heavy atom. The third-order valence-corrected chi connectivity index (χ3v) is 5.38. The summed E-state index contributed by atoms with van der Waals surface area (Å²) >= 11 is 0. The van der Waals surface area contributed by atoms with Gasteiger partial charge in [0, 0.05) is 17.8 Å².